The second-order valence-electron chi connectivity index (χ2n) is 5.49. The van der Waals surface area contributed by atoms with Crippen molar-refractivity contribution in [3.05, 3.63) is 64.1 Å². The molecule has 0 radical (unpaired) electrons. The lowest BCUT2D eigenvalue weighted by atomic mass is 10.1. The molecule has 0 bridgehead atoms. The molecule has 7 heteroatoms. The zero-order chi connectivity index (χ0) is 17.8. The van der Waals surface area contributed by atoms with Gasteiger partial charge in [-0.05, 0) is 23.8 Å². The summed E-state index contributed by atoms with van der Waals surface area (Å²) in [5.41, 5.74) is 8.11. The second-order valence-corrected chi connectivity index (χ2v) is 6.40. The van der Waals surface area contributed by atoms with Gasteiger partial charge in [0.25, 0.3) is 5.91 Å². The van der Waals surface area contributed by atoms with E-state index in [4.69, 9.17) is 10.5 Å². The standard InChI is InChI=1S/C18H16BrN3O3/c19-13-6-7-15(20)14(10-13)18(24)25-11-17(23)22-9-8-16(21-22)12-4-2-1-3-5-12/h1-7,10H,8-9,11,20H2. The first-order chi connectivity index (χ1) is 12.0. The summed E-state index contributed by atoms with van der Waals surface area (Å²) < 4.78 is 5.78. The van der Waals surface area contributed by atoms with Gasteiger partial charge in [-0.2, -0.15) is 5.10 Å². The predicted molar refractivity (Wildman–Crippen MR) is 98.1 cm³/mol. The van der Waals surface area contributed by atoms with E-state index in [9.17, 15) is 9.59 Å². The van der Waals surface area contributed by atoms with Crippen LogP contribution in [-0.2, 0) is 9.53 Å². The number of hydrazone groups is 1. The first-order valence-electron chi connectivity index (χ1n) is 7.70. The maximum absolute atomic E-state index is 12.2. The van der Waals surface area contributed by atoms with E-state index >= 15 is 0 Å². The summed E-state index contributed by atoms with van der Waals surface area (Å²) >= 11 is 3.27. The maximum atomic E-state index is 12.2. The Morgan fingerprint density at radius 2 is 1.96 bits per heavy atom. The lowest BCUT2D eigenvalue weighted by molar-refractivity contribution is -0.134. The third kappa shape index (κ3) is 4.06. The molecule has 0 unspecified atom stereocenters. The van der Waals surface area contributed by atoms with Crippen molar-refractivity contribution in [3.63, 3.8) is 0 Å². The molecule has 1 aliphatic rings. The largest absolute Gasteiger partial charge is 0.452 e. The van der Waals surface area contributed by atoms with Crippen LogP contribution >= 0.6 is 15.9 Å². The van der Waals surface area contributed by atoms with Crippen LogP contribution in [0.25, 0.3) is 0 Å². The van der Waals surface area contributed by atoms with E-state index in [1.54, 1.807) is 18.2 Å². The molecule has 1 aliphatic heterocycles. The summed E-state index contributed by atoms with van der Waals surface area (Å²) in [5, 5.41) is 5.65. The van der Waals surface area contributed by atoms with Crippen LogP contribution in [0.2, 0.25) is 0 Å². The first kappa shape index (κ1) is 17.2. The van der Waals surface area contributed by atoms with Crippen LogP contribution in [-0.4, -0.2) is 35.7 Å². The Kier molecular flexibility index (Phi) is 5.14. The van der Waals surface area contributed by atoms with Gasteiger partial charge in [0.05, 0.1) is 17.8 Å². The number of hydrogen-bond donors (Lipinski definition) is 1. The van der Waals surface area contributed by atoms with Crippen LogP contribution in [0.1, 0.15) is 22.3 Å². The average Bonchev–Trinajstić information content (AvgIpc) is 3.12. The van der Waals surface area contributed by atoms with Crippen molar-refractivity contribution in [2.45, 2.75) is 6.42 Å². The molecule has 3 rings (SSSR count). The number of hydrogen-bond acceptors (Lipinski definition) is 5. The van der Waals surface area contributed by atoms with Crippen molar-refractivity contribution < 1.29 is 14.3 Å². The molecule has 2 aromatic carbocycles. The van der Waals surface area contributed by atoms with Crippen LogP contribution in [0.4, 0.5) is 5.69 Å². The van der Waals surface area contributed by atoms with Crippen LogP contribution in [0.3, 0.4) is 0 Å². The van der Waals surface area contributed by atoms with Gasteiger partial charge in [-0.15, -0.1) is 0 Å². The van der Waals surface area contributed by atoms with E-state index in [1.165, 1.54) is 5.01 Å². The number of benzene rings is 2. The van der Waals surface area contributed by atoms with Crippen molar-refractivity contribution in [1.29, 1.82) is 0 Å². The van der Waals surface area contributed by atoms with Crippen LogP contribution < -0.4 is 5.73 Å². The highest BCUT2D eigenvalue weighted by atomic mass is 79.9. The number of rotatable bonds is 4. The average molecular weight is 402 g/mol. The number of ether oxygens (including phenoxy) is 1. The monoisotopic (exact) mass is 401 g/mol. The summed E-state index contributed by atoms with van der Waals surface area (Å²) in [6, 6.07) is 14.5. The van der Waals surface area contributed by atoms with Gasteiger partial charge in [-0.1, -0.05) is 46.3 Å². The van der Waals surface area contributed by atoms with E-state index in [0.717, 1.165) is 11.3 Å². The van der Waals surface area contributed by atoms with Gasteiger partial charge in [0.2, 0.25) is 0 Å². The number of carbonyl (C=O) groups excluding carboxylic acids is 2. The SMILES string of the molecule is Nc1ccc(Br)cc1C(=O)OCC(=O)N1CCC(c2ccccc2)=N1. The highest BCUT2D eigenvalue weighted by Crippen LogP contribution is 2.19. The number of nitrogen functional groups attached to an aromatic ring is 1. The van der Waals surface area contributed by atoms with Crippen LogP contribution in [0.5, 0.6) is 0 Å². The first-order valence-corrected chi connectivity index (χ1v) is 8.49. The summed E-state index contributed by atoms with van der Waals surface area (Å²) in [6.07, 6.45) is 0.669. The van der Waals surface area contributed by atoms with E-state index in [-0.39, 0.29) is 18.1 Å². The molecule has 0 saturated carbocycles. The molecular formula is C18H16BrN3O3. The zero-order valence-electron chi connectivity index (χ0n) is 13.3. The molecule has 6 nitrogen and oxygen atoms in total. The molecule has 0 aliphatic carbocycles. The minimum Gasteiger partial charge on any atom is -0.452 e. The Bertz CT molecular complexity index is 837. The van der Waals surface area contributed by atoms with Crippen molar-refractivity contribution in [3.8, 4) is 0 Å². The summed E-state index contributed by atoms with van der Waals surface area (Å²) in [5.74, 6) is -1.01. The van der Waals surface area contributed by atoms with E-state index in [0.29, 0.717) is 23.1 Å². The van der Waals surface area contributed by atoms with Crippen molar-refractivity contribution in [1.82, 2.24) is 5.01 Å². The van der Waals surface area contributed by atoms with Gasteiger partial charge in [0.1, 0.15) is 0 Å². The molecule has 0 saturated heterocycles. The molecule has 128 valence electrons. The van der Waals surface area contributed by atoms with Gasteiger partial charge in [0.15, 0.2) is 6.61 Å². The number of amides is 1. The number of halogens is 1. The zero-order valence-corrected chi connectivity index (χ0v) is 14.9. The number of nitrogens with zero attached hydrogens (tertiary/aromatic N) is 2. The molecule has 2 N–H and O–H groups in total. The Morgan fingerprint density at radius 3 is 2.72 bits per heavy atom. The highest BCUT2D eigenvalue weighted by Gasteiger charge is 2.23. The minimum atomic E-state index is -0.640. The Labute approximate surface area is 153 Å². The molecule has 0 atom stereocenters. The Morgan fingerprint density at radius 1 is 1.20 bits per heavy atom. The fourth-order valence-electron chi connectivity index (χ4n) is 2.46. The quantitative estimate of drug-likeness (QED) is 0.630. The molecule has 1 amide bonds. The number of esters is 1. The fourth-order valence-corrected chi connectivity index (χ4v) is 2.82. The van der Waals surface area contributed by atoms with E-state index < -0.39 is 5.97 Å². The predicted octanol–water partition coefficient (Wildman–Crippen LogP) is 2.82. The summed E-state index contributed by atoms with van der Waals surface area (Å²) in [4.78, 5) is 24.3. The van der Waals surface area contributed by atoms with Gasteiger partial charge in [0, 0.05) is 16.6 Å². The topological polar surface area (TPSA) is 85.0 Å². The molecule has 25 heavy (non-hydrogen) atoms. The molecule has 0 spiro atoms. The Balaban J connectivity index is 1.61. The molecular weight excluding hydrogens is 386 g/mol. The number of anilines is 1. The van der Waals surface area contributed by atoms with Gasteiger partial charge >= 0.3 is 5.97 Å². The third-order valence-corrected chi connectivity index (χ3v) is 4.25. The number of nitrogens with two attached hydrogens (primary N) is 1. The summed E-state index contributed by atoms with van der Waals surface area (Å²) in [7, 11) is 0. The maximum Gasteiger partial charge on any atom is 0.340 e. The van der Waals surface area contributed by atoms with E-state index in [2.05, 4.69) is 21.0 Å². The normalized spacial score (nSPS) is 13.5. The van der Waals surface area contributed by atoms with Crippen LogP contribution in [0, 0.1) is 0 Å². The third-order valence-electron chi connectivity index (χ3n) is 3.76. The summed E-state index contributed by atoms with van der Waals surface area (Å²) in [6.45, 7) is 0.0932. The van der Waals surface area contributed by atoms with E-state index in [1.807, 2.05) is 30.3 Å². The van der Waals surface area contributed by atoms with Crippen molar-refractivity contribution in [2.75, 3.05) is 18.9 Å². The molecule has 0 fully saturated rings. The number of carbonyl (C=O) groups is 2. The van der Waals surface area contributed by atoms with Crippen molar-refractivity contribution >= 4 is 39.2 Å². The molecule has 0 aromatic heterocycles. The fraction of sp³-hybridized carbons (Fsp3) is 0.167. The lowest BCUT2D eigenvalue weighted by Crippen LogP contribution is -2.29. The minimum absolute atomic E-state index is 0.220. The van der Waals surface area contributed by atoms with Gasteiger partial charge in [-0.3, -0.25) is 4.79 Å². The van der Waals surface area contributed by atoms with Gasteiger partial charge < -0.3 is 10.5 Å². The lowest BCUT2D eigenvalue weighted by Gasteiger charge is -2.12. The second kappa shape index (κ2) is 7.48. The van der Waals surface area contributed by atoms with Crippen molar-refractivity contribution in [2.24, 2.45) is 5.10 Å². The van der Waals surface area contributed by atoms with Crippen LogP contribution in [0.15, 0.2) is 58.1 Å². The van der Waals surface area contributed by atoms with Gasteiger partial charge in [-0.25, -0.2) is 9.80 Å². The smallest absolute Gasteiger partial charge is 0.340 e. The molecule has 2 aromatic rings. The Hall–Kier alpha value is -2.67. The molecule has 1 heterocycles. The highest BCUT2D eigenvalue weighted by molar-refractivity contribution is 9.10.